The highest BCUT2D eigenvalue weighted by Gasteiger charge is 2.19. The van der Waals surface area contributed by atoms with Crippen LogP contribution in [0.15, 0.2) is 36.4 Å². The number of hydrogen-bond donors (Lipinski definition) is 1. The fourth-order valence-electron chi connectivity index (χ4n) is 2.93. The van der Waals surface area contributed by atoms with Crippen LogP contribution in [0, 0.1) is 0 Å². The summed E-state index contributed by atoms with van der Waals surface area (Å²) in [5.74, 6) is 0.868. The molecule has 0 spiro atoms. The van der Waals surface area contributed by atoms with Crippen molar-refractivity contribution in [2.45, 2.75) is 13.0 Å². The lowest BCUT2D eigenvalue weighted by atomic mass is 9.92. The Bertz CT molecular complexity index is 637. The summed E-state index contributed by atoms with van der Waals surface area (Å²) in [7, 11) is 3.84. The van der Waals surface area contributed by atoms with Crippen molar-refractivity contribution >= 4 is 5.69 Å². The number of nitrogen functional groups attached to an aromatic ring is 1. The van der Waals surface area contributed by atoms with Crippen LogP contribution in [0.4, 0.5) is 5.69 Å². The van der Waals surface area contributed by atoms with Gasteiger partial charge in [-0.15, -0.1) is 0 Å². The second kappa shape index (κ2) is 5.17. The van der Waals surface area contributed by atoms with E-state index in [1.807, 2.05) is 18.2 Å². The third-order valence-corrected chi connectivity index (χ3v) is 4.04. The number of hydrogen-bond acceptors (Lipinski definition) is 3. The van der Waals surface area contributed by atoms with Gasteiger partial charge in [-0.1, -0.05) is 30.3 Å². The van der Waals surface area contributed by atoms with E-state index in [0.29, 0.717) is 0 Å². The predicted octanol–water partition coefficient (Wildman–Crippen LogP) is 2.93. The number of nitrogens with zero attached hydrogens (tertiary/aromatic N) is 1. The topological polar surface area (TPSA) is 38.5 Å². The number of fused-ring (bicyclic) bond motifs is 1. The number of rotatable bonds is 2. The van der Waals surface area contributed by atoms with E-state index in [1.54, 1.807) is 7.11 Å². The van der Waals surface area contributed by atoms with Gasteiger partial charge in [-0.25, -0.2) is 0 Å². The Balaban J connectivity index is 2.12. The molecule has 0 fully saturated rings. The van der Waals surface area contributed by atoms with Crippen LogP contribution >= 0.6 is 0 Å². The zero-order valence-electron chi connectivity index (χ0n) is 12.0. The molecule has 0 radical (unpaired) electrons. The Hall–Kier alpha value is -2.00. The molecule has 0 unspecified atom stereocenters. The van der Waals surface area contributed by atoms with Crippen molar-refractivity contribution in [1.29, 1.82) is 0 Å². The summed E-state index contributed by atoms with van der Waals surface area (Å²) in [6, 6.07) is 12.3. The van der Waals surface area contributed by atoms with E-state index < -0.39 is 0 Å². The predicted molar refractivity (Wildman–Crippen MR) is 82.9 cm³/mol. The first kappa shape index (κ1) is 13.0. The number of likely N-dealkylation sites (N-methyl/N-ethyl adjacent to an activating group) is 1. The van der Waals surface area contributed by atoms with Gasteiger partial charge in [0.2, 0.25) is 0 Å². The summed E-state index contributed by atoms with van der Waals surface area (Å²) in [5, 5.41) is 0. The van der Waals surface area contributed by atoms with Crippen molar-refractivity contribution in [3.05, 3.63) is 47.5 Å². The van der Waals surface area contributed by atoms with Crippen LogP contribution in [0.25, 0.3) is 11.1 Å². The van der Waals surface area contributed by atoms with Crippen LogP contribution in [0.2, 0.25) is 0 Å². The summed E-state index contributed by atoms with van der Waals surface area (Å²) in [5.41, 5.74) is 12.1. The molecule has 3 nitrogen and oxygen atoms in total. The molecule has 1 heterocycles. The van der Waals surface area contributed by atoms with Crippen LogP contribution in [-0.4, -0.2) is 25.6 Å². The number of para-hydroxylation sites is 1. The summed E-state index contributed by atoms with van der Waals surface area (Å²) in [4.78, 5) is 2.32. The number of benzene rings is 2. The third kappa shape index (κ3) is 2.14. The maximum absolute atomic E-state index is 6.43. The van der Waals surface area contributed by atoms with Gasteiger partial charge >= 0.3 is 0 Å². The molecule has 0 saturated carbocycles. The van der Waals surface area contributed by atoms with E-state index in [9.17, 15) is 0 Å². The molecule has 1 aliphatic rings. The van der Waals surface area contributed by atoms with Gasteiger partial charge in [-0.2, -0.15) is 0 Å². The smallest absolute Gasteiger partial charge is 0.126 e. The molecule has 20 heavy (non-hydrogen) atoms. The minimum absolute atomic E-state index is 0.868. The monoisotopic (exact) mass is 268 g/mol. The Morgan fingerprint density at radius 2 is 1.90 bits per heavy atom. The maximum Gasteiger partial charge on any atom is 0.126 e. The Kier molecular flexibility index (Phi) is 3.36. The van der Waals surface area contributed by atoms with Crippen molar-refractivity contribution in [3.8, 4) is 16.9 Å². The molecule has 3 heteroatoms. The van der Waals surface area contributed by atoms with Gasteiger partial charge in [-0.05, 0) is 30.7 Å². The molecule has 0 atom stereocenters. The van der Waals surface area contributed by atoms with Gasteiger partial charge in [0.25, 0.3) is 0 Å². The summed E-state index contributed by atoms with van der Waals surface area (Å²) < 4.78 is 5.45. The fourth-order valence-corrected chi connectivity index (χ4v) is 2.93. The largest absolute Gasteiger partial charge is 0.496 e. The Morgan fingerprint density at radius 3 is 2.70 bits per heavy atom. The lowest BCUT2D eigenvalue weighted by Gasteiger charge is -2.27. The first-order valence-corrected chi connectivity index (χ1v) is 6.93. The molecule has 2 aromatic rings. The number of methoxy groups -OCH3 is 1. The molecule has 104 valence electrons. The third-order valence-electron chi connectivity index (χ3n) is 4.04. The van der Waals surface area contributed by atoms with Gasteiger partial charge in [0.15, 0.2) is 0 Å². The highest BCUT2D eigenvalue weighted by molar-refractivity contribution is 5.83. The van der Waals surface area contributed by atoms with Gasteiger partial charge in [0.1, 0.15) is 5.75 Å². The number of ether oxygens (including phenoxy) is 1. The zero-order valence-corrected chi connectivity index (χ0v) is 12.0. The first-order valence-electron chi connectivity index (χ1n) is 6.93. The lowest BCUT2D eigenvalue weighted by Crippen LogP contribution is -2.27. The van der Waals surface area contributed by atoms with E-state index in [0.717, 1.165) is 42.1 Å². The normalized spacial score (nSPS) is 14.9. The average molecular weight is 268 g/mol. The van der Waals surface area contributed by atoms with Crippen molar-refractivity contribution in [2.75, 3.05) is 26.4 Å². The van der Waals surface area contributed by atoms with Crippen LogP contribution in [0.3, 0.4) is 0 Å². The zero-order chi connectivity index (χ0) is 14.1. The van der Waals surface area contributed by atoms with Crippen molar-refractivity contribution in [2.24, 2.45) is 0 Å². The van der Waals surface area contributed by atoms with Crippen LogP contribution in [0.5, 0.6) is 5.75 Å². The summed E-state index contributed by atoms with van der Waals surface area (Å²) >= 11 is 0. The van der Waals surface area contributed by atoms with Crippen LogP contribution in [0.1, 0.15) is 11.1 Å². The highest BCUT2D eigenvalue weighted by atomic mass is 16.5. The van der Waals surface area contributed by atoms with Gasteiger partial charge in [0.05, 0.1) is 7.11 Å². The SMILES string of the molecule is COc1ccccc1-c1ccc2c(c1N)CCN(C)C2. The standard InChI is InChI=1S/C17H20N2O/c1-19-10-9-13-12(11-19)7-8-15(17(13)18)14-5-3-4-6-16(14)20-2/h3-8H,9-11,18H2,1-2H3. The van der Waals surface area contributed by atoms with E-state index in [1.165, 1.54) is 11.1 Å². The number of anilines is 1. The van der Waals surface area contributed by atoms with Gasteiger partial charge in [0, 0.05) is 29.9 Å². The molecule has 1 aliphatic heterocycles. The number of nitrogens with two attached hydrogens (primary N) is 1. The van der Waals surface area contributed by atoms with Crippen molar-refractivity contribution in [3.63, 3.8) is 0 Å². The quantitative estimate of drug-likeness (QED) is 0.851. The molecule has 0 saturated heterocycles. The van der Waals surface area contributed by atoms with Gasteiger partial charge < -0.3 is 15.4 Å². The second-order valence-electron chi connectivity index (χ2n) is 5.35. The molecule has 2 aromatic carbocycles. The highest BCUT2D eigenvalue weighted by Crippen LogP contribution is 2.37. The molecular weight excluding hydrogens is 248 g/mol. The lowest BCUT2D eigenvalue weighted by molar-refractivity contribution is 0.313. The summed E-state index contributed by atoms with van der Waals surface area (Å²) in [6.45, 7) is 2.04. The molecule has 0 aliphatic carbocycles. The van der Waals surface area contributed by atoms with E-state index >= 15 is 0 Å². The first-order chi connectivity index (χ1) is 9.70. The van der Waals surface area contributed by atoms with E-state index in [2.05, 4.69) is 30.1 Å². The molecule has 3 rings (SSSR count). The molecule has 2 N–H and O–H groups in total. The van der Waals surface area contributed by atoms with Crippen LogP contribution in [-0.2, 0) is 13.0 Å². The maximum atomic E-state index is 6.43. The van der Waals surface area contributed by atoms with Gasteiger partial charge in [-0.3, -0.25) is 0 Å². The Labute approximate surface area is 120 Å². The van der Waals surface area contributed by atoms with E-state index in [-0.39, 0.29) is 0 Å². The Morgan fingerprint density at radius 1 is 1.10 bits per heavy atom. The van der Waals surface area contributed by atoms with Crippen molar-refractivity contribution < 1.29 is 4.74 Å². The summed E-state index contributed by atoms with van der Waals surface area (Å²) in [6.07, 6.45) is 1.01. The minimum atomic E-state index is 0.868. The minimum Gasteiger partial charge on any atom is -0.496 e. The average Bonchev–Trinajstić information content (AvgIpc) is 2.47. The molecule has 0 aromatic heterocycles. The second-order valence-corrected chi connectivity index (χ2v) is 5.35. The molecule has 0 amide bonds. The fraction of sp³-hybridized carbons (Fsp3) is 0.294. The van der Waals surface area contributed by atoms with Crippen molar-refractivity contribution in [1.82, 2.24) is 4.90 Å². The molecule has 0 bridgehead atoms. The van der Waals surface area contributed by atoms with E-state index in [4.69, 9.17) is 10.5 Å². The molecular formula is C17H20N2O. The van der Waals surface area contributed by atoms with Crippen LogP contribution < -0.4 is 10.5 Å².